The Bertz CT molecular complexity index is 552. The van der Waals surface area contributed by atoms with Crippen molar-refractivity contribution in [3.8, 4) is 0 Å². The predicted octanol–water partition coefficient (Wildman–Crippen LogP) is 3.44. The molecule has 1 fully saturated rings. The fraction of sp³-hybridized carbons (Fsp3) is 0.429. The largest absolute Gasteiger partial charge is 0.381 e. The summed E-state index contributed by atoms with van der Waals surface area (Å²) < 4.78 is 5.77. The van der Waals surface area contributed by atoms with E-state index in [-0.39, 0.29) is 5.41 Å². The number of hydrogen-bond donors (Lipinski definition) is 1. The summed E-state index contributed by atoms with van der Waals surface area (Å²) in [6.07, 6.45) is 2.27. The highest BCUT2D eigenvalue weighted by molar-refractivity contribution is 5.17. The van der Waals surface area contributed by atoms with Crippen molar-refractivity contribution in [2.45, 2.75) is 25.9 Å². The zero-order chi connectivity index (χ0) is 16.7. The molecule has 0 amide bonds. The minimum absolute atomic E-state index is 0.0851. The first-order valence-corrected chi connectivity index (χ1v) is 8.88. The number of hydrogen-bond acceptors (Lipinski definition) is 3. The van der Waals surface area contributed by atoms with E-state index in [1.54, 1.807) is 0 Å². The highest BCUT2D eigenvalue weighted by Gasteiger charge is 2.33. The smallest absolute Gasteiger partial charge is 0.0546 e. The standard InChI is InChI=1S/C21H28N2O/c22-16-21(12-7-13-24-18-21)17-23(14-19-8-3-1-4-9-19)15-20-10-5-2-6-11-20/h1-6,8-11H,7,12-18,22H2. The first-order chi connectivity index (χ1) is 11.8. The fourth-order valence-corrected chi connectivity index (χ4v) is 3.59. The van der Waals surface area contributed by atoms with Crippen LogP contribution >= 0.6 is 0 Å². The van der Waals surface area contributed by atoms with Gasteiger partial charge in [0.25, 0.3) is 0 Å². The maximum absolute atomic E-state index is 6.17. The summed E-state index contributed by atoms with van der Waals surface area (Å²) in [5.74, 6) is 0. The zero-order valence-corrected chi connectivity index (χ0v) is 14.4. The van der Waals surface area contributed by atoms with Crippen molar-refractivity contribution in [3.63, 3.8) is 0 Å². The van der Waals surface area contributed by atoms with Gasteiger partial charge in [0.1, 0.15) is 0 Å². The third-order valence-corrected chi connectivity index (χ3v) is 4.89. The molecule has 1 heterocycles. The molecule has 2 N–H and O–H groups in total. The lowest BCUT2D eigenvalue weighted by Crippen LogP contribution is -2.47. The summed E-state index contributed by atoms with van der Waals surface area (Å²) in [5, 5.41) is 0. The van der Waals surface area contributed by atoms with Crippen molar-refractivity contribution in [1.82, 2.24) is 4.90 Å². The van der Waals surface area contributed by atoms with Gasteiger partial charge < -0.3 is 10.5 Å². The Hall–Kier alpha value is -1.68. The third kappa shape index (κ3) is 4.67. The first kappa shape index (κ1) is 17.2. The van der Waals surface area contributed by atoms with Crippen LogP contribution in [0.3, 0.4) is 0 Å². The van der Waals surface area contributed by atoms with Crippen LogP contribution in [-0.4, -0.2) is 31.2 Å². The van der Waals surface area contributed by atoms with Crippen molar-refractivity contribution in [3.05, 3.63) is 71.8 Å². The third-order valence-electron chi connectivity index (χ3n) is 4.89. The van der Waals surface area contributed by atoms with Crippen molar-refractivity contribution in [2.24, 2.45) is 11.1 Å². The second-order valence-corrected chi connectivity index (χ2v) is 6.98. The SMILES string of the molecule is NCC1(CN(Cc2ccccc2)Cc2ccccc2)CCCOC1. The molecule has 2 aromatic rings. The van der Waals surface area contributed by atoms with E-state index in [0.717, 1.165) is 45.7 Å². The molecule has 1 aliphatic rings. The molecule has 1 atom stereocenters. The normalized spacial score (nSPS) is 21.1. The first-order valence-electron chi connectivity index (χ1n) is 8.88. The lowest BCUT2D eigenvalue weighted by Gasteiger charge is -2.40. The molecule has 1 saturated heterocycles. The number of benzene rings is 2. The molecule has 0 aromatic heterocycles. The molecule has 0 saturated carbocycles. The van der Waals surface area contributed by atoms with Crippen molar-refractivity contribution < 1.29 is 4.74 Å². The van der Waals surface area contributed by atoms with Crippen LogP contribution in [0.1, 0.15) is 24.0 Å². The van der Waals surface area contributed by atoms with Gasteiger partial charge in [-0.05, 0) is 24.0 Å². The van der Waals surface area contributed by atoms with Gasteiger partial charge in [0.2, 0.25) is 0 Å². The van der Waals surface area contributed by atoms with Gasteiger partial charge in [-0.25, -0.2) is 0 Å². The topological polar surface area (TPSA) is 38.5 Å². The van der Waals surface area contributed by atoms with Crippen LogP contribution < -0.4 is 5.73 Å². The molecule has 3 heteroatoms. The van der Waals surface area contributed by atoms with Crippen LogP contribution in [0, 0.1) is 5.41 Å². The molecule has 0 aliphatic carbocycles. The quantitative estimate of drug-likeness (QED) is 0.848. The van der Waals surface area contributed by atoms with Crippen LogP contribution in [0.25, 0.3) is 0 Å². The van der Waals surface area contributed by atoms with E-state index in [2.05, 4.69) is 65.6 Å². The molecule has 0 spiro atoms. The Kier molecular flexibility index (Phi) is 6.02. The number of rotatable bonds is 7. The van der Waals surface area contributed by atoms with Crippen molar-refractivity contribution in [2.75, 3.05) is 26.3 Å². The van der Waals surface area contributed by atoms with Gasteiger partial charge in [0.05, 0.1) is 6.61 Å². The minimum atomic E-state index is 0.0851. The number of nitrogens with zero attached hydrogens (tertiary/aromatic N) is 1. The zero-order valence-electron chi connectivity index (χ0n) is 14.4. The maximum atomic E-state index is 6.17. The molecule has 1 unspecified atom stereocenters. The molecular formula is C21H28N2O. The lowest BCUT2D eigenvalue weighted by molar-refractivity contribution is -0.0246. The summed E-state index contributed by atoms with van der Waals surface area (Å²) in [4.78, 5) is 2.52. The van der Waals surface area contributed by atoms with E-state index in [9.17, 15) is 0 Å². The fourth-order valence-electron chi connectivity index (χ4n) is 3.59. The highest BCUT2D eigenvalue weighted by Crippen LogP contribution is 2.29. The molecular weight excluding hydrogens is 296 g/mol. The van der Waals surface area contributed by atoms with E-state index in [1.165, 1.54) is 11.1 Å². The molecule has 1 aliphatic heterocycles. The molecule has 3 rings (SSSR count). The average molecular weight is 324 g/mol. The van der Waals surface area contributed by atoms with E-state index in [1.807, 2.05) is 0 Å². The molecule has 0 bridgehead atoms. The second kappa shape index (κ2) is 8.43. The molecule has 128 valence electrons. The Labute approximate surface area is 145 Å². The van der Waals surface area contributed by atoms with Crippen LogP contribution in [0.4, 0.5) is 0 Å². The second-order valence-electron chi connectivity index (χ2n) is 6.98. The van der Waals surface area contributed by atoms with Crippen LogP contribution in [0.2, 0.25) is 0 Å². The Morgan fingerprint density at radius 3 is 1.96 bits per heavy atom. The highest BCUT2D eigenvalue weighted by atomic mass is 16.5. The maximum Gasteiger partial charge on any atom is 0.0546 e. The molecule has 0 radical (unpaired) electrons. The Morgan fingerprint density at radius 1 is 0.917 bits per heavy atom. The summed E-state index contributed by atoms with van der Waals surface area (Å²) in [6, 6.07) is 21.4. The van der Waals surface area contributed by atoms with Crippen LogP contribution in [0.15, 0.2) is 60.7 Å². The minimum Gasteiger partial charge on any atom is -0.381 e. The number of nitrogens with two attached hydrogens (primary N) is 1. The van der Waals surface area contributed by atoms with Gasteiger partial charge in [-0.15, -0.1) is 0 Å². The van der Waals surface area contributed by atoms with Crippen LogP contribution in [0.5, 0.6) is 0 Å². The van der Waals surface area contributed by atoms with Crippen LogP contribution in [-0.2, 0) is 17.8 Å². The molecule has 24 heavy (non-hydrogen) atoms. The van der Waals surface area contributed by atoms with Gasteiger partial charge in [-0.3, -0.25) is 4.90 Å². The van der Waals surface area contributed by atoms with Gasteiger partial charge in [-0.1, -0.05) is 60.7 Å². The number of ether oxygens (including phenoxy) is 1. The van der Waals surface area contributed by atoms with Gasteiger partial charge >= 0.3 is 0 Å². The van der Waals surface area contributed by atoms with Gasteiger partial charge in [0, 0.05) is 38.2 Å². The Morgan fingerprint density at radius 2 is 1.50 bits per heavy atom. The molecule has 3 nitrogen and oxygen atoms in total. The summed E-state index contributed by atoms with van der Waals surface area (Å²) in [7, 11) is 0. The monoisotopic (exact) mass is 324 g/mol. The summed E-state index contributed by atoms with van der Waals surface area (Å²) in [6.45, 7) is 5.21. The summed E-state index contributed by atoms with van der Waals surface area (Å²) in [5.41, 5.74) is 8.94. The lowest BCUT2D eigenvalue weighted by atomic mass is 9.82. The van der Waals surface area contributed by atoms with Gasteiger partial charge in [0.15, 0.2) is 0 Å². The average Bonchev–Trinajstić information content (AvgIpc) is 2.64. The van der Waals surface area contributed by atoms with Crippen molar-refractivity contribution in [1.29, 1.82) is 0 Å². The van der Waals surface area contributed by atoms with Gasteiger partial charge in [-0.2, -0.15) is 0 Å². The van der Waals surface area contributed by atoms with E-state index < -0.39 is 0 Å². The Balaban J connectivity index is 1.75. The van der Waals surface area contributed by atoms with E-state index in [0.29, 0.717) is 6.54 Å². The van der Waals surface area contributed by atoms with E-state index >= 15 is 0 Å². The van der Waals surface area contributed by atoms with E-state index in [4.69, 9.17) is 10.5 Å². The predicted molar refractivity (Wildman–Crippen MR) is 98.5 cm³/mol. The summed E-state index contributed by atoms with van der Waals surface area (Å²) >= 11 is 0. The van der Waals surface area contributed by atoms with Crippen molar-refractivity contribution >= 4 is 0 Å². The molecule has 2 aromatic carbocycles.